The fraction of sp³-hybridized carbons (Fsp3) is 0.103. The average Bonchev–Trinajstić information content (AvgIpc) is 3.34. The predicted molar refractivity (Wildman–Crippen MR) is 124 cm³/mol. The minimum atomic E-state index is 1.08. The predicted octanol–water partition coefficient (Wildman–Crippen LogP) is 7.55. The Morgan fingerprint density at radius 2 is 1.00 bits per heavy atom. The number of hydrogen-bond donors (Lipinski definition) is 0. The molecule has 0 heteroatoms. The molecule has 0 atom stereocenters. The van der Waals surface area contributed by atoms with Gasteiger partial charge < -0.3 is 0 Å². The minimum Gasteiger partial charge on any atom is -0.0871 e. The Bertz CT molecular complexity index is 1170. The van der Waals surface area contributed by atoms with E-state index in [9.17, 15) is 0 Å². The molecule has 0 radical (unpaired) electrons. The van der Waals surface area contributed by atoms with Crippen LogP contribution in [0.25, 0.3) is 28.3 Å². The number of allylic oxidation sites excluding steroid dienone is 1. The van der Waals surface area contributed by atoms with Crippen LogP contribution in [0, 0.1) is 0 Å². The maximum Gasteiger partial charge on any atom is -0.000751 e. The largest absolute Gasteiger partial charge is 0.0871 e. The quantitative estimate of drug-likeness (QED) is 0.279. The van der Waals surface area contributed by atoms with Gasteiger partial charge in [-0.25, -0.2) is 0 Å². The van der Waals surface area contributed by atoms with Gasteiger partial charge in [0.15, 0.2) is 0 Å². The highest BCUT2D eigenvalue weighted by molar-refractivity contribution is 5.80. The van der Waals surface area contributed by atoms with Crippen molar-refractivity contribution < 1.29 is 0 Å². The molecule has 0 aromatic heterocycles. The van der Waals surface area contributed by atoms with Crippen molar-refractivity contribution in [2.24, 2.45) is 0 Å². The van der Waals surface area contributed by atoms with E-state index in [4.69, 9.17) is 0 Å². The summed E-state index contributed by atoms with van der Waals surface area (Å²) < 4.78 is 0. The van der Waals surface area contributed by atoms with Crippen molar-refractivity contribution in [2.75, 3.05) is 0 Å². The van der Waals surface area contributed by atoms with E-state index in [-0.39, 0.29) is 0 Å². The summed E-state index contributed by atoms with van der Waals surface area (Å²) in [6.45, 7) is 2.07. The van der Waals surface area contributed by atoms with Crippen LogP contribution in [0.5, 0.6) is 0 Å². The lowest BCUT2D eigenvalue weighted by Crippen LogP contribution is -1.85. The average molecular weight is 373 g/mol. The van der Waals surface area contributed by atoms with Crippen LogP contribution in [0.3, 0.4) is 0 Å². The Hall–Kier alpha value is -3.38. The van der Waals surface area contributed by atoms with Gasteiger partial charge in [-0.05, 0) is 69.8 Å². The molecule has 0 spiro atoms. The van der Waals surface area contributed by atoms with Crippen molar-refractivity contribution in [3.05, 3.63) is 125 Å². The summed E-state index contributed by atoms with van der Waals surface area (Å²) in [5, 5.41) is 0. The highest BCUT2D eigenvalue weighted by atomic mass is 14.2. The van der Waals surface area contributed by atoms with Gasteiger partial charge in [-0.15, -0.1) is 0 Å². The number of fused-ring (bicyclic) bond motifs is 6. The zero-order valence-corrected chi connectivity index (χ0v) is 16.7. The molecule has 0 amide bonds. The maximum atomic E-state index is 2.23. The molecule has 0 heterocycles. The standard InChI is InChI=1S/C16H14.C13H10/c1-2-6-12-8-5-10-15-14-9-4-3-7-13(14)11-16(12)15;1-3-7-12-10(5-1)9-11-6-2-4-8-13(11)12/h2-10H,11H2,1H3;1-8H,9H2. The maximum absolute atomic E-state index is 2.23. The van der Waals surface area contributed by atoms with Crippen molar-refractivity contribution >= 4 is 6.08 Å². The Balaban J connectivity index is 0.000000128. The molecule has 0 nitrogen and oxygen atoms in total. The summed E-state index contributed by atoms with van der Waals surface area (Å²) in [5.41, 5.74) is 12.9. The zero-order chi connectivity index (χ0) is 19.6. The van der Waals surface area contributed by atoms with Gasteiger partial charge in [-0.3, -0.25) is 0 Å². The first-order chi connectivity index (χ1) is 14.3. The summed E-state index contributed by atoms with van der Waals surface area (Å²) in [6.07, 6.45) is 6.49. The Kier molecular flexibility index (Phi) is 4.62. The summed E-state index contributed by atoms with van der Waals surface area (Å²) >= 11 is 0. The van der Waals surface area contributed by atoms with Crippen LogP contribution >= 0.6 is 0 Å². The Morgan fingerprint density at radius 3 is 1.59 bits per heavy atom. The Labute approximate surface area is 173 Å². The first kappa shape index (κ1) is 17.7. The van der Waals surface area contributed by atoms with Crippen molar-refractivity contribution in [1.82, 2.24) is 0 Å². The van der Waals surface area contributed by atoms with Crippen molar-refractivity contribution in [3.63, 3.8) is 0 Å². The molecular weight excluding hydrogens is 348 g/mol. The van der Waals surface area contributed by atoms with Gasteiger partial charge in [-0.2, -0.15) is 0 Å². The van der Waals surface area contributed by atoms with E-state index >= 15 is 0 Å². The molecule has 0 saturated carbocycles. The summed E-state index contributed by atoms with van der Waals surface area (Å²) in [7, 11) is 0. The van der Waals surface area contributed by atoms with Gasteiger partial charge in [-0.1, -0.05) is 103 Å². The molecule has 0 N–H and O–H groups in total. The fourth-order valence-electron chi connectivity index (χ4n) is 4.60. The summed E-state index contributed by atoms with van der Waals surface area (Å²) in [6, 6.07) is 32.6. The van der Waals surface area contributed by atoms with Gasteiger partial charge in [0, 0.05) is 0 Å². The highest BCUT2D eigenvalue weighted by Gasteiger charge is 2.19. The molecule has 0 saturated heterocycles. The van der Waals surface area contributed by atoms with Crippen molar-refractivity contribution in [3.8, 4) is 22.3 Å². The first-order valence-electron chi connectivity index (χ1n) is 10.3. The summed E-state index contributed by atoms with van der Waals surface area (Å²) in [5.74, 6) is 0. The third-order valence-corrected chi connectivity index (χ3v) is 5.94. The third-order valence-electron chi connectivity index (χ3n) is 5.94. The lowest BCUT2D eigenvalue weighted by Gasteiger charge is -2.03. The van der Waals surface area contributed by atoms with Gasteiger partial charge in [0.25, 0.3) is 0 Å². The molecule has 0 bridgehead atoms. The molecule has 0 aliphatic heterocycles. The molecule has 0 fully saturated rings. The second kappa shape index (κ2) is 7.56. The van der Waals surface area contributed by atoms with E-state index in [0.29, 0.717) is 0 Å². The highest BCUT2D eigenvalue weighted by Crippen LogP contribution is 2.38. The lowest BCUT2D eigenvalue weighted by molar-refractivity contribution is 1.25. The van der Waals surface area contributed by atoms with Gasteiger partial charge in [0.2, 0.25) is 0 Å². The smallest absolute Gasteiger partial charge is 0.000751 e. The first-order valence-corrected chi connectivity index (χ1v) is 10.3. The normalized spacial score (nSPS) is 12.6. The van der Waals surface area contributed by atoms with E-state index in [1.165, 1.54) is 50.1 Å². The topological polar surface area (TPSA) is 0 Å². The second-order valence-corrected chi connectivity index (χ2v) is 7.70. The van der Waals surface area contributed by atoms with Crippen LogP contribution in [-0.2, 0) is 12.8 Å². The monoisotopic (exact) mass is 372 g/mol. The van der Waals surface area contributed by atoms with Crippen molar-refractivity contribution in [1.29, 1.82) is 0 Å². The number of benzene rings is 4. The summed E-state index contributed by atoms with van der Waals surface area (Å²) in [4.78, 5) is 0. The van der Waals surface area contributed by atoms with E-state index in [1.54, 1.807) is 0 Å². The number of hydrogen-bond acceptors (Lipinski definition) is 0. The van der Waals surface area contributed by atoms with Crippen LogP contribution in [0.1, 0.15) is 34.7 Å². The van der Waals surface area contributed by atoms with Gasteiger partial charge in [0.05, 0.1) is 0 Å². The molecule has 2 aliphatic carbocycles. The van der Waals surface area contributed by atoms with E-state index < -0.39 is 0 Å². The van der Waals surface area contributed by atoms with Crippen LogP contribution in [0.15, 0.2) is 97.1 Å². The Morgan fingerprint density at radius 1 is 0.517 bits per heavy atom. The van der Waals surface area contributed by atoms with Crippen LogP contribution < -0.4 is 0 Å². The van der Waals surface area contributed by atoms with E-state index in [0.717, 1.165) is 12.8 Å². The van der Waals surface area contributed by atoms with E-state index in [1.807, 2.05) is 0 Å². The van der Waals surface area contributed by atoms with E-state index in [2.05, 4.69) is 110 Å². The molecule has 2 aliphatic rings. The van der Waals surface area contributed by atoms with Crippen LogP contribution in [-0.4, -0.2) is 0 Å². The minimum absolute atomic E-state index is 1.08. The van der Waals surface area contributed by atoms with Gasteiger partial charge >= 0.3 is 0 Å². The third kappa shape index (κ3) is 3.21. The molecule has 29 heavy (non-hydrogen) atoms. The second-order valence-electron chi connectivity index (χ2n) is 7.70. The molecule has 4 aromatic rings. The molecule has 0 unspecified atom stereocenters. The van der Waals surface area contributed by atoms with Crippen molar-refractivity contribution in [2.45, 2.75) is 19.8 Å². The molecule has 4 aromatic carbocycles. The SMILES string of the molecule is CC=Cc1cccc2c1Cc1ccccc1-2.c1ccc2c(c1)Cc1ccccc1-2. The fourth-order valence-corrected chi connectivity index (χ4v) is 4.60. The van der Waals surface area contributed by atoms with Gasteiger partial charge in [0.1, 0.15) is 0 Å². The zero-order valence-electron chi connectivity index (χ0n) is 16.7. The van der Waals surface area contributed by atoms with Crippen LogP contribution in [0.4, 0.5) is 0 Å². The molecular formula is C29H24. The lowest BCUT2D eigenvalue weighted by atomic mass is 10.0. The molecule has 6 rings (SSSR count). The number of rotatable bonds is 1. The van der Waals surface area contributed by atoms with Crippen LogP contribution in [0.2, 0.25) is 0 Å². The molecule has 140 valence electrons.